The standard InChI is InChI=1S/C22H32NO7P/c1-15(2)21(24)28-14-29-31(25)30-17-8-9-22(10-11-23(3)20(22)13-17)16-6-7-18(26-4)19(12-16)27-5/h6-7,12-13,15,20,25H,8-11,14H2,1-5H3. The molecule has 0 radical (unpaired) electrons. The number of ether oxygens (including phenoxy) is 3. The van der Waals surface area contributed by atoms with Crippen LogP contribution in [0.2, 0.25) is 0 Å². The first-order valence-corrected chi connectivity index (χ1v) is 11.5. The first-order valence-electron chi connectivity index (χ1n) is 10.4. The molecule has 1 heterocycles. The van der Waals surface area contributed by atoms with Gasteiger partial charge in [0.25, 0.3) is 0 Å². The number of methoxy groups -OCH3 is 2. The zero-order valence-corrected chi connectivity index (χ0v) is 19.7. The van der Waals surface area contributed by atoms with Crippen molar-refractivity contribution in [3.63, 3.8) is 0 Å². The van der Waals surface area contributed by atoms with E-state index in [1.807, 2.05) is 6.07 Å². The molecule has 1 saturated heterocycles. The molecular weight excluding hydrogens is 421 g/mol. The van der Waals surface area contributed by atoms with Gasteiger partial charge in [0.05, 0.1) is 20.1 Å². The third-order valence-corrected chi connectivity index (χ3v) is 6.82. The van der Waals surface area contributed by atoms with Crippen molar-refractivity contribution >= 4 is 14.6 Å². The summed E-state index contributed by atoms with van der Waals surface area (Å²) < 4.78 is 26.6. The van der Waals surface area contributed by atoms with Gasteiger partial charge >= 0.3 is 14.6 Å². The number of likely N-dealkylation sites (N-methyl/N-ethyl adjacent to an activating group) is 1. The van der Waals surface area contributed by atoms with Crippen molar-refractivity contribution in [2.75, 3.05) is 34.6 Å². The summed E-state index contributed by atoms with van der Waals surface area (Å²) >= 11 is 0. The van der Waals surface area contributed by atoms with Crippen LogP contribution < -0.4 is 9.47 Å². The number of hydrogen-bond acceptors (Lipinski definition) is 8. The Hall–Kier alpha value is -1.86. The number of hydrogen-bond donors (Lipinski definition) is 1. The Labute approximate surface area is 185 Å². The van der Waals surface area contributed by atoms with Gasteiger partial charge in [0.2, 0.25) is 6.79 Å². The maximum atomic E-state index is 11.5. The van der Waals surface area contributed by atoms with Crippen LogP contribution in [0.1, 0.15) is 38.7 Å². The fraction of sp³-hybridized carbons (Fsp3) is 0.591. The predicted octanol–water partition coefficient (Wildman–Crippen LogP) is 3.73. The molecular formula is C22H32NO7P. The van der Waals surface area contributed by atoms with E-state index in [1.54, 1.807) is 28.1 Å². The third-order valence-electron chi connectivity index (χ3n) is 6.10. The lowest BCUT2D eigenvalue weighted by Gasteiger charge is -2.40. The van der Waals surface area contributed by atoms with Crippen molar-refractivity contribution in [3.05, 3.63) is 35.6 Å². The van der Waals surface area contributed by atoms with E-state index in [0.717, 1.165) is 25.1 Å². The molecule has 0 amide bonds. The van der Waals surface area contributed by atoms with E-state index in [-0.39, 0.29) is 30.1 Å². The Morgan fingerprint density at radius 3 is 2.68 bits per heavy atom. The van der Waals surface area contributed by atoms with Crippen LogP contribution in [-0.4, -0.2) is 56.4 Å². The molecule has 0 aromatic heterocycles. The quantitative estimate of drug-likeness (QED) is 0.344. The van der Waals surface area contributed by atoms with Crippen molar-refractivity contribution in [2.24, 2.45) is 5.92 Å². The molecule has 8 nitrogen and oxygen atoms in total. The van der Waals surface area contributed by atoms with Crippen molar-refractivity contribution in [2.45, 2.75) is 44.6 Å². The third kappa shape index (κ3) is 5.14. The molecule has 2 aliphatic rings. The second-order valence-corrected chi connectivity index (χ2v) is 9.14. The van der Waals surface area contributed by atoms with Gasteiger partial charge in [0.15, 0.2) is 11.5 Å². The van der Waals surface area contributed by atoms with Gasteiger partial charge in [-0.15, -0.1) is 0 Å². The predicted molar refractivity (Wildman–Crippen MR) is 117 cm³/mol. The first kappa shape index (κ1) is 23.8. The van der Waals surface area contributed by atoms with E-state index in [0.29, 0.717) is 17.9 Å². The summed E-state index contributed by atoms with van der Waals surface area (Å²) in [5, 5.41) is 0. The molecule has 0 spiro atoms. The number of allylic oxidation sites excluding steroid dienone is 1. The average Bonchev–Trinajstić information content (AvgIpc) is 3.10. The Balaban J connectivity index is 1.71. The van der Waals surface area contributed by atoms with Gasteiger partial charge in [-0.3, -0.25) is 14.2 Å². The average molecular weight is 453 g/mol. The number of fused-ring (bicyclic) bond motifs is 1. The van der Waals surface area contributed by atoms with Crippen LogP contribution >= 0.6 is 8.60 Å². The number of nitrogens with zero attached hydrogens (tertiary/aromatic N) is 1. The summed E-state index contributed by atoms with van der Waals surface area (Å²) in [7, 11) is 3.20. The molecule has 1 aromatic rings. The first-order chi connectivity index (χ1) is 14.8. The number of esters is 1. The fourth-order valence-corrected chi connectivity index (χ4v) is 4.90. The monoisotopic (exact) mass is 453 g/mol. The minimum atomic E-state index is -2.17. The van der Waals surface area contributed by atoms with Gasteiger partial charge in [-0.05, 0) is 50.2 Å². The SMILES string of the molecule is COc1ccc(C23CCC(OP(O)OCOC(=O)C(C)C)=CC2N(C)CC3)cc1OC. The van der Waals surface area contributed by atoms with Crippen LogP contribution in [0.5, 0.6) is 11.5 Å². The molecule has 1 aliphatic carbocycles. The number of benzene rings is 1. The number of carbonyl (C=O) groups is 1. The highest BCUT2D eigenvalue weighted by atomic mass is 31.2. The van der Waals surface area contributed by atoms with Crippen LogP contribution in [0.15, 0.2) is 30.0 Å². The van der Waals surface area contributed by atoms with E-state index < -0.39 is 8.60 Å². The number of rotatable bonds is 9. The molecule has 9 heteroatoms. The van der Waals surface area contributed by atoms with Gasteiger partial charge in [0.1, 0.15) is 5.76 Å². The molecule has 172 valence electrons. The molecule has 3 unspecified atom stereocenters. The topological polar surface area (TPSA) is 86.7 Å². The minimum Gasteiger partial charge on any atom is -0.493 e. The maximum Gasteiger partial charge on any atom is 0.397 e. The van der Waals surface area contributed by atoms with Crippen molar-refractivity contribution in [1.82, 2.24) is 4.90 Å². The van der Waals surface area contributed by atoms with Crippen LogP contribution in [0.3, 0.4) is 0 Å². The van der Waals surface area contributed by atoms with E-state index in [2.05, 4.69) is 30.2 Å². The largest absolute Gasteiger partial charge is 0.493 e. The van der Waals surface area contributed by atoms with Crippen molar-refractivity contribution < 1.29 is 32.9 Å². The maximum absolute atomic E-state index is 11.5. The summed E-state index contributed by atoms with van der Waals surface area (Å²) in [5.74, 6) is 1.49. The lowest BCUT2D eigenvalue weighted by atomic mass is 9.68. The van der Waals surface area contributed by atoms with Crippen LogP contribution in [0.4, 0.5) is 0 Å². The molecule has 1 aliphatic heterocycles. The Kier molecular flexibility index (Phi) is 7.81. The highest BCUT2D eigenvalue weighted by molar-refractivity contribution is 7.40. The number of likely N-dealkylation sites (tertiary alicyclic amines) is 1. The Morgan fingerprint density at radius 1 is 1.26 bits per heavy atom. The molecule has 3 atom stereocenters. The molecule has 0 bridgehead atoms. The van der Waals surface area contributed by atoms with E-state index in [1.165, 1.54) is 5.56 Å². The van der Waals surface area contributed by atoms with Crippen LogP contribution in [-0.2, 0) is 24.0 Å². The van der Waals surface area contributed by atoms with E-state index in [4.69, 9.17) is 23.3 Å². The fourth-order valence-electron chi connectivity index (χ4n) is 4.35. The molecule has 0 saturated carbocycles. The van der Waals surface area contributed by atoms with Crippen molar-refractivity contribution in [3.8, 4) is 11.5 Å². The summed E-state index contributed by atoms with van der Waals surface area (Å²) in [6, 6.07) is 6.25. The Morgan fingerprint density at radius 2 is 2.00 bits per heavy atom. The highest BCUT2D eigenvalue weighted by Gasteiger charge is 2.48. The highest BCUT2D eigenvalue weighted by Crippen LogP contribution is 2.50. The van der Waals surface area contributed by atoms with Gasteiger partial charge in [-0.1, -0.05) is 19.9 Å². The summed E-state index contributed by atoms with van der Waals surface area (Å²) in [4.78, 5) is 23.9. The van der Waals surface area contributed by atoms with Gasteiger partial charge in [-0.2, -0.15) is 0 Å². The van der Waals surface area contributed by atoms with Gasteiger partial charge in [-0.25, -0.2) is 0 Å². The minimum absolute atomic E-state index is 0.0625. The normalized spacial score (nSPS) is 24.4. The van der Waals surface area contributed by atoms with Gasteiger partial charge < -0.3 is 23.6 Å². The number of carbonyl (C=O) groups excluding carboxylic acids is 1. The molecule has 1 fully saturated rings. The molecule has 1 N–H and O–H groups in total. The Bertz CT molecular complexity index is 815. The zero-order valence-electron chi connectivity index (χ0n) is 18.8. The molecule has 1 aromatic carbocycles. The van der Waals surface area contributed by atoms with Crippen LogP contribution in [0, 0.1) is 5.92 Å². The van der Waals surface area contributed by atoms with E-state index in [9.17, 15) is 9.69 Å². The van der Waals surface area contributed by atoms with Crippen molar-refractivity contribution in [1.29, 1.82) is 0 Å². The summed E-state index contributed by atoms with van der Waals surface area (Å²) in [6.45, 7) is 4.09. The summed E-state index contributed by atoms with van der Waals surface area (Å²) in [6.07, 6.45) is 4.63. The van der Waals surface area contributed by atoms with Crippen LogP contribution in [0.25, 0.3) is 0 Å². The zero-order chi connectivity index (χ0) is 22.6. The molecule has 3 rings (SSSR count). The lowest BCUT2D eigenvalue weighted by molar-refractivity contribution is -0.154. The van der Waals surface area contributed by atoms with Gasteiger partial charge in [0, 0.05) is 17.9 Å². The summed E-state index contributed by atoms with van der Waals surface area (Å²) in [5.41, 5.74) is 1.14. The second-order valence-electron chi connectivity index (χ2n) is 8.23. The molecule has 31 heavy (non-hydrogen) atoms. The lowest BCUT2D eigenvalue weighted by Crippen LogP contribution is -2.42. The van der Waals surface area contributed by atoms with E-state index >= 15 is 0 Å². The smallest absolute Gasteiger partial charge is 0.397 e. The second kappa shape index (κ2) is 10.2.